The molecule has 2 heterocycles. The maximum Gasteiger partial charge on any atom is 0.333 e. The Bertz CT molecular complexity index is 793. The topological polar surface area (TPSA) is 88.5 Å². The lowest BCUT2D eigenvalue weighted by Gasteiger charge is -2.28. The molecule has 2 aromatic rings. The fourth-order valence-electron chi connectivity index (χ4n) is 2.55. The second-order valence-corrected chi connectivity index (χ2v) is 6.23. The smallest absolute Gasteiger partial charge is 0.333 e. The molecule has 1 atom stereocenters. The summed E-state index contributed by atoms with van der Waals surface area (Å²) in [5.74, 6) is -0.944. The number of carbonyl (C=O) groups is 2. The maximum absolute atomic E-state index is 12.4. The van der Waals surface area contributed by atoms with Crippen LogP contribution in [0.25, 0.3) is 10.9 Å². The van der Waals surface area contributed by atoms with Crippen molar-refractivity contribution in [2.45, 2.75) is 32.4 Å². The van der Waals surface area contributed by atoms with E-state index in [4.69, 9.17) is 4.74 Å². The summed E-state index contributed by atoms with van der Waals surface area (Å²) >= 11 is 0. The molecule has 1 aliphatic rings. The van der Waals surface area contributed by atoms with Crippen molar-refractivity contribution in [3.05, 3.63) is 35.5 Å². The minimum absolute atomic E-state index is 0.0168. The van der Waals surface area contributed by atoms with Crippen LogP contribution in [-0.4, -0.2) is 27.6 Å². The van der Waals surface area contributed by atoms with Gasteiger partial charge in [-0.3, -0.25) is 9.78 Å². The Labute approximate surface area is 127 Å². The van der Waals surface area contributed by atoms with Crippen LogP contribution in [0.5, 0.6) is 5.75 Å². The number of hydrogen-bond donors (Lipinski definition) is 2. The number of nitrogens with one attached hydrogen (secondary N) is 1. The molecule has 6 heteroatoms. The Morgan fingerprint density at radius 2 is 2.09 bits per heavy atom. The molecular weight excluding hydrogens is 284 g/mol. The number of phenolic OH excluding ortho intramolecular Hbond substituents is 1. The number of ether oxygens (including phenoxy) is 1. The van der Waals surface area contributed by atoms with Gasteiger partial charge < -0.3 is 15.2 Å². The molecule has 0 saturated heterocycles. The van der Waals surface area contributed by atoms with Crippen LogP contribution in [0.1, 0.15) is 42.7 Å². The van der Waals surface area contributed by atoms with E-state index in [0.29, 0.717) is 22.0 Å². The number of carbonyl (C=O) groups excluding carboxylic acids is 2. The number of pyridine rings is 1. The lowest BCUT2D eigenvalue weighted by Crippen LogP contribution is -2.40. The van der Waals surface area contributed by atoms with Crippen molar-refractivity contribution in [3.8, 4) is 5.75 Å². The lowest BCUT2D eigenvalue weighted by atomic mass is 9.93. The molecule has 0 saturated carbocycles. The molecule has 2 N–H and O–H groups in total. The van der Waals surface area contributed by atoms with E-state index in [1.807, 2.05) is 0 Å². The first-order valence-electron chi connectivity index (χ1n) is 6.91. The summed E-state index contributed by atoms with van der Waals surface area (Å²) in [6, 6.07) is 3.55. The van der Waals surface area contributed by atoms with Crippen molar-refractivity contribution in [1.82, 2.24) is 10.3 Å². The summed E-state index contributed by atoms with van der Waals surface area (Å²) in [6.45, 7) is 5.26. The van der Waals surface area contributed by atoms with Crippen LogP contribution in [0.4, 0.5) is 0 Å². The van der Waals surface area contributed by atoms with Gasteiger partial charge >= 0.3 is 5.97 Å². The SMILES string of the molecule is CC(C)(C)OC(=O)[C@H]1NC(=O)c2ccnc3cc(O)cc1c23. The van der Waals surface area contributed by atoms with Gasteiger partial charge in [0.1, 0.15) is 11.4 Å². The van der Waals surface area contributed by atoms with Gasteiger partial charge in [-0.1, -0.05) is 0 Å². The Balaban J connectivity index is 2.18. The first kappa shape index (κ1) is 14.3. The van der Waals surface area contributed by atoms with Gasteiger partial charge in [0.25, 0.3) is 5.91 Å². The first-order chi connectivity index (χ1) is 10.3. The largest absolute Gasteiger partial charge is 0.508 e. The van der Waals surface area contributed by atoms with Crippen molar-refractivity contribution in [2.75, 3.05) is 0 Å². The monoisotopic (exact) mass is 300 g/mol. The summed E-state index contributed by atoms with van der Waals surface area (Å²) in [5, 5.41) is 13.0. The number of phenols is 1. The molecule has 1 amide bonds. The third-order valence-corrected chi connectivity index (χ3v) is 3.33. The maximum atomic E-state index is 12.4. The number of rotatable bonds is 1. The molecule has 1 aliphatic heterocycles. The van der Waals surface area contributed by atoms with Gasteiger partial charge in [-0.05, 0) is 38.5 Å². The predicted molar refractivity (Wildman–Crippen MR) is 79.5 cm³/mol. The van der Waals surface area contributed by atoms with E-state index >= 15 is 0 Å². The molecule has 0 aliphatic carbocycles. The van der Waals surface area contributed by atoms with E-state index in [0.717, 1.165) is 0 Å². The third kappa shape index (κ3) is 2.36. The van der Waals surface area contributed by atoms with E-state index in [1.165, 1.54) is 18.3 Å². The molecule has 0 spiro atoms. The Hall–Kier alpha value is -2.63. The predicted octanol–water partition coefficient (Wildman–Crippen LogP) is 2.07. The molecule has 1 aromatic heterocycles. The molecule has 0 fully saturated rings. The van der Waals surface area contributed by atoms with Crippen molar-refractivity contribution in [2.24, 2.45) is 0 Å². The van der Waals surface area contributed by atoms with E-state index in [2.05, 4.69) is 10.3 Å². The number of esters is 1. The summed E-state index contributed by atoms with van der Waals surface area (Å²) in [4.78, 5) is 28.8. The van der Waals surface area contributed by atoms with Gasteiger partial charge in [0, 0.05) is 17.6 Å². The third-order valence-electron chi connectivity index (χ3n) is 3.33. The molecule has 0 bridgehead atoms. The van der Waals surface area contributed by atoms with Crippen LogP contribution in [0.15, 0.2) is 24.4 Å². The quantitative estimate of drug-likeness (QED) is 0.787. The van der Waals surface area contributed by atoms with Gasteiger partial charge in [-0.2, -0.15) is 0 Å². The van der Waals surface area contributed by atoms with Gasteiger partial charge in [-0.25, -0.2) is 4.79 Å². The van der Waals surface area contributed by atoms with E-state index in [1.54, 1.807) is 26.8 Å². The Kier molecular flexibility index (Phi) is 3.05. The summed E-state index contributed by atoms with van der Waals surface area (Å²) in [5.41, 5.74) is 0.718. The molecule has 22 heavy (non-hydrogen) atoms. The summed E-state index contributed by atoms with van der Waals surface area (Å²) < 4.78 is 5.36. The van der Waals surface area contributed by atoms with Crippen molar-refractivity contribution < 1.29 is 19.4 Å². The van der Waals surface area contributed by atoms with Gasteiger partial charge in [0.15, 0.2) is 6.04 Å². The molecule has 114 valence electrons. The second-order valence-electron chi connectivity index (χ2n) is 6.23. The molecule has 6 nitrogen and oxygen atoms in total. The summed E-state index contributed by atoms with van der Waals surface area (Å²) in [6.07, 6.45) is 1.49. The van der Waals surface area contributed by atoms with Crippen molar-refractivity contribution in [3.63, 3.8) is 0 Å². The molecular formula is C16H16N2O4. The van der Waals surface area contributed by atoms with Gasteiger partial charge in [0.05, 0.1) is 11.1 Å². The number of aromatic hydroxyl groups is 1. The zero-order chi connectivity index (χ0) is 16.1. The standard InChI is InChI=1S/C16H16N2O4/c1-16(2,3)22-15(21)13-10-6-8(19)7-11-12(10)9(4-5-17-11)14(20)18-13/h4-7,13,19H,1-3H3,(H,18,20)/t13-/m0/s1. The molecule has 3 rings (SSSR count). The fraction of sp³-hybridized carbons (Fsp3) is 0.312. The number of amides is 1. The highest BCUT2D eigenvalue weighted by molar-refractivity contribution is 6.12. The number of hydrogen-bond acceptors (Lipinski definition) is 5. The second kappa shape index (κ2) is 4.69. The van der Waals surface area contributed by atoms with E-state index < -0.39 is 17.6 Å². The highest BCUT2D eigenvalue weighted by Crippen LogP contribution is 2.34. The minimum Gasteiger partial charge on any atom is -0.508 e. The molecule has 1 aromatic carbocycles. The Morgan fingerprint density at radius 3 is 2.77 bits per heavy atom. The first-order valence-corrected chi connectivity index (χ1v) is 6.91. The van der Waals surface area contributed by atoms with Crippen LogP contribution in [0.2, 0.25) is 0 Å². The van der Waals surface area contributed by atoms with E-state index in [-0.39, 0.29) is 11.7 Å². The van der Waals surface area contributed by atoms with Crippen LogP contribution >= 0.6 is 0 Å². The highest BCUT2D eigenvalue weighted by atomic mass is 16.6. The van der Waals surface area contributed by atoms with Crippen LogP contribution in [-0.2, 0) is 9.53 Å². The zero-order valence-corrected chi connectivity index (χ0v) is 12.5. The van der Waals surface area contributed by atoms with Crippen molar-refractivity contribution in [1.29, 1.82) is 0 Å². The number of nitrogens with zero attached hydrogens (tertiary/aromatic N) is 1. The zero-order valence-electron chi connectivity index (χ0n) is 12.5. The van der Waals surface area contributed by atoms with Crippen molar-refractivity contribution >= 4 is 22.8 Å². The van der Waals surface area contributed by atoms with Crippen LogP contribution in [0, 0.1) is 0 Å². The van der Waals surface area contributed by atoms with Crippen LogP contribution < -0.4 is 5.32 Å². The average molecular weight is 300 g/mol. The number of aromatic nitrogens is 1. The minimum atomic E-state index is -0.960. The average Bonchev–Trinajstić information content (AvgIpc) is 2.40. The Morgan fingerprint density at radius 1 is 1.36 bits per heavy atom. The van der Waals surface area contributed by atoms with Gasteiger partial charge in [-0.15, -0.1) is 0 Å². The molecule has 0 radical (unpaired) electrons. The molecule has 0 unspecified atom stereocenters. The van der Waals surface area contributed by atoms with Crippen LogP contribution in [0.3, 0.4) is 0 Å². The number of benzene rings is 1. The lowest BCUT2D eigenvalue weighted by molar-refractivity contribution is -0.157. The van der Waals surface area contributed by atoms with Gasteiger partial charge in [0.2, 0.25) is 0 Å². The highest BCUT2D eigenvalue weighted by Gasteiger charge is 2.35. The fourth-order valence-corrected chi connectivity index (χ4v) is 2.55. The normalized spacial score (nSPS) is 17.2. The summed E-state index contributed by atoms with van der Waals surface area (Å²) in [7, 11) is 0. The van der Waals surface area contributed by atoms with E-state index in [9.17, 15) is 14.7 Å².